The molecular weight excluding hydrogens is 753 g/mol. The summed E-state index contributed by atoms with van der Waals surface area (Å²) in [5.74, 6) is 0.615. The zero-order valence-corrected chi connectivity index (χ0v) is 35.3. The summed E-state index contributed by atoms with van der Waals surface area (Å²) in [4.78, 5) is 4.99. The summed E-state index contributed by atoms with van der Waals surface area (Å²) in [5, 5.41) is 4.94. The summed E-state index contributed by atoms with van der Waals surface area (Å²) in [7, 11) is 0. The van der Waals surface area contributed by atoms with Crippen molar-refractivity contribution >= 4 is 43.7 Å². The van der Waals surface area contributed by atoms with Gasteiger partial charge < -0.3 is 8.98 Å². The van der Waals surface area contributed by atoms with Crippen molar-refractivity contribution in [3.63, 3.8) is 0 Å². The molecule has 0 N–H and O–H groups in total. The molecule has 0 fully saturated rings. The van der Waals surface area contributed by atoms with E-state index in [2.05, 4.69) is 219 Å². The number of fused-ring (bicyclic) bond motifs is 5. The minimum atomic E-state index is 0.0423. The Morgan fingerprint density at radius 1 is 0.468 bits per heavy atom. The van der Waals surface area contributed by atoms with Crippen LogP contribution in [-0.2, 0) is 5.41 Å². The summed E-state index contributed by atoms with van der Waals surface area (Å²) in [6.45, 7) is 7.02. The molecule has 298 valence electrons. The third kappa shape index (κ3) is 6.40. The van der Waals surface area contributed by atoms with Crippen molar-refractivity contribution in [2.75, 3.05) is 0 Å². The highest BCUT2D eigenvalue weighted by Crippen LogP contribution is 2.43. The van der Waals surface area contributed by atoms with E-state index in [1.54, 1.807) is 0 Å². The topological polar surface area (TPSA) is 31.0 Å². The Hall–Kier alpha value is -7.49. The highest BCUT2D eigenvalue weighted by atomic mass is 16.3. The Labute approximate surface area is 362 Å². The van der Waals surface area contributed by atoms with Gasteiger partial charge in [-0.1, -0.05) is 179 Å². The first-order valence-corrected chi connectivity index (χ1v) is 21.8. The highest BCUT2D eigenvalue weighted by Gasteiger charge is 2.23. The Morgan fingerprint density at radius 2 is 1.02 bits per heavy atom. The van der Waals surface area contributed by atoms with Gasteiger partial charge in [-0.3, -0.25) is 0 Å². The molecule has 2 heterocycles. The SMILES string of the molecule is CCCC(C)(C)c1ccc(-c2ccccc2-c2ccc(-c3nc4cccc(-c5cccc6ccccc56)c4o3)cc2)c(-c2ccc(-n3c4ccccc4c4ccccc43)cc2)c1. The van der Waals surface area contributed by atoms with Gasteiger partial charge >= 0.3 is 0 Å². The zero-order chi connectivity index (χ0) is 41.8. The summed E-state index contributed by atoms with van der Waals surface area (Å²) >= 11 is 0. The number of nitrogens with zero attached hydrogens (tertiary/aromatic N) is 2. The van der Waals surface area contributed by atoms with Crippen LogP contribution in [-0.4, -0.2) is 9.55 Å². The molecule has 3 heteroatoms. The Bertz CT molecular complexity index is 3380. The standard InChI is InChI=1S/C59H46N2O/c1-4-37-59(2,3)43-33-36-49(53(38-43)41-31-34-44(35-32-41)61-55-25-11-9-20-50(55)51-21-10-12-26-56(51)61)47-19-8-7-18-46(47)40-27-29-42(30-28-40)58-60-54-24-14-23-52(57(54)62-58)48-22-13-16-39-15-5-6-17-45(39)48/h5-36,38H,4,37H2,1-3H3. The molecule has 0 saturated carbocycles. The number of benzene rings is 9. The van der Waals surface area contributed by atoms with Gasteiger partial charge in [0.1, 0.15) is 5.52 Å². The van der Waals surface area contributed by atoms with Crippen LogP contribution in [0, 0.1) is 0 Å². The molecule has 0 aliphatic carbocycles. The fourth-order valence-electron chi connectivity index (χ4n) is 9.71. The van der Waals surface area contributed by atoms with Crippen molar-refractivity contribution < 1.29 is 4.42 Å². The van der Waals surface area contributed by atoms with Gasteiger partial charge in [0.25, 0.3) is 0 Å². The van der Waals surface area contributed by atoms with Crippen molar-refractivity contribution in [2.24, 2.45) is 0 Å². The lowest BCUT2D eigenvalue weighted by Crippen LogP contribution is -2.16. The predicted molar refractivity (Wildman–Crippen MR) is 261 cm³/mol. The third-order valence-electron chi connectivity index (χ3n) is 12.8. The molecule has 0 amide bonds. The van der Waals surface area contributed by atoms with Gasteiger partial charge in [-0.15, -0.1) is 0 Å². The van der Waals surface area contributed by atoms with Crippen molar-refractivity contribution in [1.82, 2.24) is 9.55 Å². The van der Waals surface area contributed by atoms with E-state index in [-0.39, 0.29) is 5.41 Å². The summed E-state index contributed by atoms with van der Waals surface area (Å²) in [6, 6.07) is 72.4. The molecule has 0 atom stereocenters. The van der Waals surface area contributed by atoms with Gasteiger partial charge in [0.05, 0.1) is 11.0 Å². The first kappa shape index (κ1) is 37.5. The van der Waals surface area contributed by atoms with E-state index in [9.17, 15) is 0 Å². The van der Waals surface area contributed by atoms with E-state index in [0.717, 1.165) is 51.9 Å². The second-order valence-corrected chi connectivity index (χ2v) is 17.1. The van der Waals surface area contributed by atoms with Crippen LogP contribution in [0.15, 0.2) is 205 Å². The first-order valence-electron chi connectivity index (χ1n) is 21.8. The van der Waals surface area contributed by atoms with E-state index in [1.165, 1.54) is 66.0 Å². The van der Waals surface area contributed by atoms with Crippen LogP contribution >= 0.6 is 0 Å². The van der Waals surface area contributed by atoms with Gasteiger partial charge in [0, 0.05) is 27.6 Å². The Balaban J connectivity index is 0.980. The van der Waals surface area contributed by atoms with Crippen molar-refractivity contribution in [2.45, 2.75) is 39.0 Å². The second-order valence-electron chi connectivity index (χ2n) is 17.1. The van der Waals surface area contributed by atoms with E-state index >= 15 is 0 Å². The molecular formula is C59H46N2O. The molecule has 62 heavy (non-hydrogen) atoms. The Morgan fingerprint density at radius 3 is 1.76 bits per heavy atom. The zero-order valence-electron chi connectivity index (χ0n) is 35.3. The van der Waals surface area contributed by atoms with Crippen LogP contribution < -0.4 is 0 Å². The number of para-hydroxylation sites is 3. The lowest BCUT2D eigenvalue weighted by atomic mass is 9.78. The smallest absolute Gasteiger partial charge is 0.227 e. The number of hydrogen-bond donors (Lipinski definition) is 0. The summed E-state index contributed by atoms with van der Waals surface area (Å²) in [5.41, 5.74) is 16.9. The number of oxazole rings is 1. The van der Waals surface area contributed by atoms with Crippen LogP contribution in [0.2, 0.25) is 0 Å². The second kappa shape index (κ2) is 15.2. The maximum atomic E-state index is 6.61. The van der Waals surface area contributed by atoms with Gasteiger partial charge in [0.15, 0.2) is 5.58 Å². The average Bonchev–Trinajstić information content (AvgIpc) is 3.91. The van der Waals surface area contributed by atoms with Crippen LogP contribution in [0.5, 0.6) is 0 Å². The Kier molecular flexibility index (Phi) is 9.20. The third-order valence-corrected chi connectivity index (χ3v) is 12.8. The number of hydrogen-bond acceptors (Lipinski definition) is 2. The summed E-state index contributed by atoms with van der Waals surface area (Å²) < 4.78 is 9.00. The van der Waals surface area contributed by atoms with Crippen LogP contribution in [0.25, 0.3) is 105 Å². The van der Waals surface area contributed by atoms with E-state index in [0.29, 0.717) is 5.89 Å². The van der Waals surface area contributed by atoms with E-state index < -0.39 is 0 Å². The maximum absolute atomic E-state index is 6.61. The van der Waals surface area contributed by atoms with Crippen molar-refractivity contribution in [3.05, 3.63) is 206 Å². The lowest BCUT2D eigenvalue weighted by Gasteiger charge is -2.27. The molecule has 3 nitrogen and oxygen atoms in total. The van der Waals surface area contributed by atoms with Gasteiger partial charge in [-0.25, -0.2) is 4.98 Å². The predicted octanol–water partition coefficient (Wildman–Crippen LogP) is 16.5. The van der Waals surface area contributed by atoms with Gasteiger partial charge in [-0.2, -0.15) is 0 Å². The summed E-state index contributed by atoms with van der Waals surface area (Å²) in [6.07, 6.45) is 2.25. The van der Waals surface area contributed by atoms with E-state index in [1.807, 2.05) is 6.07 Å². The molecule has 2 aromatic heterocycles. The largest absolute Gasteiger partial charge is 0.435 e. The molecule has 0 aliphatic heterocycles. The van der Waals surface area contributed by atoms with E-state index in [4.69, 9.17) is 9.40 Å². The number of aromatic nitrogens is 2. The highest BCUT2D eigenvalue weighted by molar-refractivity contribution is 6.09. The molecule has 11 rings (SSSR count). The lowest BCUT2D eigenvalue weighted by molar-refractivity contribution is 0.473. The first-order chi connectivity index (χ1) is 30.4. The molecule has 0 aliphatic rings. The average molecular weight is 799 g/mol. The fraction of sp³-hybridized carbons (Fsp3) is 0.102. The van der Waals surface area contributed by atoms with Crippen LogP contribution in [0.3, 0.4) is 0 Å². The number of rotatable bonds is 9. The molecule has 11 aromatic rings. The van der Waals surface area contributed by atoms with Crippen molar-refractivity contribution in [3.8, 4) is 61.6 Å². The van der Waals surface area contributed by atoms with Gasteiger partial charge in [0.2, 0.25) is 5.89 Å². The molecule has 0 saturated heterocycles. The monoisotopic (exact) mass is 798 g/mol. The van der Waals surface area contributed by atoms with Crippen LogP contribution in [0.1, 0.15) is 39.2 Å². The maximum Gasteiger partial charge on any atom is 0.227 e. The minimum absolute atomic E-state index is 0.0423. The molecule has 0 radical (unpaired) electrons. The quantitative estimate of drug-likeness (QED) is 0.146. The fourth-order valence-corrected chi connectivity index (χ4v) is 9.71. The van der Waals surface area contributed by atoms with Crippen molar-refractivity contribution in [1.29, 1.82) is 0 Å². The minimum Gasteiger partial charge on any atom is -0.435 e. The van der Waals surface area contributed by atoms with Crippen LogP contribution in [0.4, 0.5) is 0 Å². The van der Waals surface area contributed by atoms with Gasteiger partial charge in [-0.05, 0) is 116 Å². The molecule has 0 bridgehead atoms. The molecule has 0 spiro atoms. The normalized spacial score (nSPS) is 11.9. The molecule has 9 aromatic carbocycles. The molecule has 0 unspecified atom stereocenters.